The largest absolute Gasteiger partial charge is 0.497 e. The minimum Gasteiger partial charge on any atom is -0.497 e. The molecule has 1 heterocycles. The Balaban J connectivity index is 1.46. The fraction of sp³-hybridized carbons (Fsp3) is 0.385. The molecule has 0 spiro atoms. The summed E-state index contributed by atoms with van der Waals surface area (Å²) in [5.41, 5.74) is 2.23. The molecule has 1 aromatic heterocycles. The van der Waals surface area contributed by atoms with Crippen molar-refractivity contribution in [2.75, 3.05) is 23.5 Å². The molecule has 1 aliphatic rings. The minimum absolute atomic E-state index is 0.0126. The molecule has 2 N–H and O–H groups in total. The first-order valence-corrected chi connectivity index (χ1v) is 12.9. The molecule has 35 heavy (non-hydrogen) atoms. The highest BCUT2D eigenvalue weighted by molar-refractivity contribution is 7.99. The van der Waals surface area contributed by atoms with Crippen LogP contribution in [0.2, 0.25) is 0 Å². The molecule has 1 fully saturated rings. The van der Waals surface area contributed by atoms with E-state index in [0.717, 1.165) is 35.3 Å². The fourth-order valence-corrected chi connectivity index (χ4v) is 5.22. The van der Waals surface area contributed by atoms with E-state index in [1.54, 1.807) is 31.4 Å². The zero-order valence-electron chi connectivity index (χ0n) is 20.1. The second-order valence-corrected chi connectivity index (χ2v) is 9.56. The summed E-state index contributed by atoms with van der Waals surface area (Å²) >= 11 is 1.43. The number of ketones is 1. The third-order valence-electron chi connectivity index (χ3n) is 6.05. The van der Waals surface area contributed by atoms with Crippen molar-refractivity contribution in [1.29, 1.82) is 0 Å². The van der Waals surface area contributed by atoms with Crippen LogP contribution in [0.15, 0.2) is 53.7 Å². The zero-order valence-corrected chi connectivity index (χ0v) is 20.9. The Morgan fingerprint density at radius 3 is 2.54 bits per heavy atom. The van der Waals surface area contributed by atoms with Gasteiger partial charge in [0.05, 0.1) is 19.4 Å². The van der Waals surface area contributed by atoms with E-state index in [2.05, 4.69) is 25.4 Å². The molecular weight excluding hydrogens is 462 g/mol. The molecular formula is C26H31N5O3S. The number of carbonyl (C=O) groups is 2. The second kappa shape index (κ2) is 11.9. The number of carbonyl (C=O) groups excluding carboxylic acids is 2. The Morgan fingerprint density at radius 1 is 1.06 bits per heavy atom. The van der Waals surface area contributed by atoms with Crippen LogP contribution < -0.4 is 15.4 Å². The van der Waals surface area contributed by atoms with E-state index < -0.39 is 0 Å². The van der Waals surface area contributed by atoms with Crippen LogP contribution in [0.5, 0.6) is 5.75 Å². The highest BCUT2D eigenvalue weighted by atomic mass is 32.2. The maximum absolute atomic E-state index is 12.8. The Labute approximate surface area is 209 Å². The van der Waals surface area contributed by atoms with Crippen LogP contribution in [-0.4, -0.2) is 39.3 Å². The summed E-state index contributed by atoms with van der Waals surface area (Å²) in [5, 5.41) is 15.9. The zero-order chi connectivity index (χ0) is 24.6. The maximum atomic E-state index is 12.8. The topological polar surface area (TPSA) is 98.1 Å². The molecule has 0 aliphatic heterocycles. The number of nitrogens with one attached hydrogen (secondary N) is 2. The predicted octanol–water partition coefficient (Wildman–Crippen LogP) is 5.34. The van der Waals surface area contributed by atoms with Crippen LogP contribution >= 0.6 is 11.8 Å². The summed E-state index contributed by atoms with van der Waals surface area (Å²) in [5.74, 6) is 1.81. The monoisotopic (exact) mass is 493 g/mol. The molecule has 0 saturated heterocycles. The van der Waals surface area contributed by atoms with Gasteiger partial charge in [0, 0.05) is 36.0 Å². The molecule has 1 amide bonds. The van der Waals surface area contributed by atoms with Gasteiger partial charge in [-0.3, -0.25) is 9.59 Å². The van der Waals surface area contributed by atoms with Crippen molar-refractivity contribution in [1.82, 2.24) is 14.8 Å². The van der Waals surface area contributed by atoms with Crippen molar-refractivity contribution < 1.29 is 14.3 Å². The van der Waals surface area contributed by atoms with Crippen LogP contribution in [-0.2, 0) is 11.3 Å². The number of thioether (sulfide) groups is 1. The van der Waals surface area contributed by atoms with Crippen LogP contribution in [0, 0.1) is 0 Å². The average molecular weight is 494 g/mol. The van der Waals surface area contributed by atoms with Gasteiger partial charge >= 0.3 is 0 Å². The quantitative estimate of drug-likeness (QED) is 0.291. The van der Waals surface area contributed by atoms with Crippen molar-refractivity contribution in [3.63, 3.8) is 0 Å². The van der Waals surface area contributed by atoms with Crippen molar-refractivity contribution >= 4 is 34.8 Å². The maximum Gasteiger partial charge on any atom is 0.221 e. The number of Topliss-reactive ketones (excluding diaryl/α,β-unsaturated/α-hetero) is 1. The van der Waals surface area contributed by atoms with Crippen molar-refractivity contribution in [2.45, 2.75) is 56.8 Å². The summed E-state index contributed by atoms with van der Waals surface area (Å²) in [6, 6.07) is 15.1. The molecule has 184 valence electrons. The highest BCUT2D eigenvalue weighted by Crippen LogP contribution is 2.33. The summed E-state index contributed by atoms with van der Waals surface area (Å²) in [4.78, 5) is 24.0. The van der Waals surface area contributed by atoms with Crippen molar-refractivity contribution in [3.05, 3.63) is 59.9 Å². The third-order valence-corrected chi connectivity index (χ3v) is 7.00. The van der Waals surface area contributed by atoms with E-state index in [9.17, 15) is 9.59 Å². The molecule has 3 aromatic rings. The lowest BCUT2D eigenvalue weighted by atomic mass is 9.95. The van der Waals surface area contributed by atoms with Crippen LogP contribution in [0.4, 0.5) is 11.4 Å². The van der Waals surface area contributed by atoms with E-state index >= 15 is 0 Å². The number of ether oxygens (including phenoxy) is 1. The van der Waals surface area contributed by atoms with Gasteiger partial charge in [-0.2, -0.15) is 0 Å². The van der Waals surface area contributed by atoms with E-state index in [0.29, 0.717) is 23.8 Å². The lowest BCUT2D eigenvalue weighted by Crippen LogP contribution is -2.18. The summed E-state index contributed by atoms with van der Waals surface area (Å²) in [7, 11) is 1.65. The van der Waals surface area contributed by atoms with Gasteiger partial charge in [-0.1, -0.05) is 37.1 Å². The average Bonchev–Trinajstić information content (AvgIpc) is 3.29. The van der Waals surface area contributed by atoms with E-state index in [4.69, 9.17) is 4.74 Å². The van der Waals surface area contributed by atoms with Gasteiger partial charge in [0.15, 0.2) is 16.8 Å². The van der Waals surface area contributed by atoms with E-state index in [-0.39, 0.29) is 17.4 Å². The molecule has 2 aromatic carbocycles. The van der Waals surface area contributed by atoms with Crippen molar-refractivity contribution in [2.24, 2.45) is 0 Å². The summed E-state index contributed by atoms with van der Waals surface area (Å²) in [6.45, 7) is 1.99. The first-order chi connectivity index (χ1) is 17.0. The van der Waals surface area contributed by atoms with Crippen LogP contribution in [0.3, 0.4) is 0 Å². The SMILES string of the molecule is COc1cccc(NCc2nnc(SCC(=O)c3ccc(NC(C)=O)cc3)n2C2CCCCC2)c1. The first-order valence-electron chi connectivity index (χ1n) is 11.9. The highest BCUT2D eigenvalue weighted by Gasteiger charge is 2.23. The lowest BCUT2D eigenvalue weighted by molar-refractivity contribution is -0.114. The number of anilines is 2. The van der Waals surface area contributed by atoms with Gasteiger partial charge < -0.3 is 19.9 Å². The second-order valence-electron chi connectivity index (χ2n) is 8.62. The number of amides is 1. The molecule has 8 nitrogen and oxygen atoms in total. The van der Waals surface area contributed by atoms with E-state index in [1.807, 2.05) is 24.3 Å². The fourth-order valence-electron chi connectivity index (χ4n) is 4.30. The molecule has 0 bridgehead atoms. The number of aromatic nitrogens is 3. The number of benzene rings is 2. The van der Waals surface area contributed by atoms with Gasteiger partial charge in [-0.15, -0.1) is 10.2 Å². The number of hydrogen-bond donors (Lipinski definition) is 2. The number of rotatable bonds is 10. The molecule has 0 unspecified atom stereocenters. The van der Waals surface area contributed by atoms with E-state index in [1.165, 1.54) is 37.9 Å². The Morgan fingerprint density at radius 2 is 1.83 bits per heavy atom. The summed E-state index contributed by atoms with van der Waals surface area (Å²) in [6.07, 6.45) is 5.82. The smallest absolute Gasteiger partial charge is 0.221 e. The van der Waals surface area contributed by atoms with Gasteiger partial charge in [-0.25, -0.2) is 0 Å². The van der Waals surface area contributed by atoms with Gasteiger partial charge in [0.1, 0.15) is 5.75 Å². The Kier molecular flexibility index (Phi) is 8.41. The van der Waals surface area contributed by atoms with Gasteiger partial charge in [0.2, 0.25) is 5.91 Å². The third kappa shape index (κ3) is 6.63. The minimum atomic E-state index is -0.140. The van der Waals surface area contributed by atoms with Gasteiger partial charge in [0.25, 0.3) is 0 Å². The van der Waals surface area contributed by atoms with Crippen LogP contribution in [0.25, 0.3) is 0 Å². The van der Waals surface area contributed by atoms with Crippen LogP contribution in [0.1, 0.15) is 61.3 Å². The number of methoxy groups -OCH3 is 1. The summed E-state index contributed by atoms with van der Waals surface area (Å²) < 4.78 is 7.54. The number of nitrogens with zero attached hydrogens (tertiary/aromatic N) is 3. The molecule has 1 aliphatic carbocycles. The molecule has 9 heteroatoms. The van der Waals surface area contributed by atoms with Crippen molar-refractivity contribution in [3.8, 4) is 5.75 Å². The molecule has 4 rings (SSSR count). The number of hydrogen-bond acceptors (Lipinski definition) is 7. The Bertz CT molecular complexity index is 1160. The first kappa shape index (κ1) is 24.8. The normalized spacial score (nSPS) is 13.9. The molecule has 0 radical (unpaired) electrons. The van der Waals surface area contributed by atoms with Gasteiger partial charge in [-0.05, 0) is 49.2 Å². The molecule has 1 saturated carbocycles. The Hall–Kier alpha value is -3.33. The lowest BCUT2D eigenvalue weighted by Gasteiger charge is -2.25. The predicted molar refractivity (Wildman–Crippen MR) is 138 cm³/mol. The standard InChI is InChI=1S/C26H31N5O3S/c1-18(32)28-20-13-11-19(12-14-20)24(33)17-35-26-30-29-25(31(26)22-8-4-3-5-9-22)16-27-21-7-6-10-23(15-21)34-2/h6-7,10-15,22,27H,3-5,8-9,16-17H2,1-2H3,(H,28,32). The molecule has 0 atom stereocenters.